The molecule has 182 valence electrons. The van der Waals surface area contributed by atoms with Crippen LogP contribution in [0.15, 0.2) is 24.3 Å². The van der Waals surface area contributed by atoms with E-state index in [4.69, 9.17) is 4.74 Å². The van der Waals surface area contributed by atoms with Crippen LogP contribution in [0.25, 0.3) is 0 Å². The maximum atomic E-state index is 13.8. The Morgan fingerprint density at radius 1 is 1.09 bits per heavy atom. The first-order chi connectivity index (χ1) is 16.2. The van der Waals surface area contributed by atoms with Crippen molar-refractivity contribution in [1.82, 2.24) is 15.1 Å². The summed E-state index contributed by atoms with van der Waals surface area (Å²) in [7, 11) is 0. The van der Waals surface area contributed by atoms with Crippen LogP contribution < -0.4 is 10.2 Å². The lowest BCUT2D eigenvalue weighted by Gasteiger charge is -2.44. The first-order valence-electron chi connectivity index (χ1n) is 12.2. The van der Waals surface area contributed by atoms with Crippen LogP contribution in [0.5, 0.6) is 0 Å². The average Bonchev–Trinajstić information content (AvgIpc) is 3.02. The van der Waals surface area contributed by atoms with Crippen LogP contribution in [0, 0.1) is 13.8 Å². The first kappa shape index (κ1) is 24.0. The normalized spacial score (nSPS) is 21.1. The summed E-state index contributed by atoms with van der Waals surface area (Å²) in [5.41, 5.74) is 1.78. The number of nitrogens with one attached hydrogen (secondary N) is 1. The van der Waals surface area contributed by atoms with E-state index < -0.39 is 11.5 Å². The van der Waals surface area contributed by atoms with Crippen LogP contribution >= 0.6 is 0 Å². The number of nitrogens with zero attached hydrogens (tertiary/aromatic N) is 3. The molecule has 8 heteroatoms. The molecule has 1 atom stereocenters. The van der Waals surface area contributed by atoms with Gasteiger partial charge in [0.1, 0.15) is 11.2 Å². The van der Waals surface area contributed by atoms with Gasteiger partial charge in [0, 0.05) is 17.8 Å². The van der Waals surface area contributed by atoms with Crippen LogP contribution in [0.3, 0.4) is 0 Å². The van der Waals surface area contributed by atoms with E-state index in [0.717, 1.165) is 36.8 Å². The number of rotatable bonds is 5. The van der Waals surface area contributed by atoms with E-state index in [2.05, 4.69) is 10.4 Å². The standard InChI is InChI=1S/C26H34N4O4/c1-5-34-24(32)21-15-22-23(31)30(20-13-17(2)12-18(3)14-20)26(4,16-29(22)28-21)25(33)27-19-10-8-6-7-9-11-19/h12-15,19H,5-11,16H2,1-4H3,(H,27,33)/t26-/m0/s1. The van der Waals surface area contributed by atoms with E-state index in [-0.39, 0.29) is 42.4 Å². The molecule has 2 amide bonds. The first-order valence-corrected chi connectivity index (χ1v) is 12.2. The van der Waals surface area contributed by atoms with Crippen LogP contribution in [0.2, 0.25) is 0 Å². The minimum absolute atomic E-state index is 0.0685. The molecular weight excluding hydrogens is 432 g/mol. The minimum atomic E-state index is -1.21. The number of benzene rings is 1. The van der Waals surface area contributed by atoms with Gasteiger partial charge < -0.3 is 10.1 Å². The second-order valence-corrected chi connectivity index (χ2v) is 9.72. The van der Waals surface area contributed by atoms with Gasteiger partial charge in [0.05, 0.1) is 13.2 Å². The highest BCUT2D eigenvalue weighted by Gasteiger charge is 2.49. The fourth-order valence-electron chi connectivity index (χ4n) is 5.14. The van der Waals surface area contributed by atoms with Crippen molar-refractivity contribution in [1.29, 1.82) is 0 Å². The highest BCUT2D eigenvalue weighted by atomic mass is 16.5. The molecule has 0 radical (unpaired) electrons. The van der Waals surface area contributed by atoms with Gasteiger partial charge in [-0.15, -0.1) is 0 Å². The monoisotopic (exact) mass is 466 g/mol. The van der Waals surface area contributed by atoms with Gasteiger partial charge >= 0.3 is 5.97 Å². The van der Waals surface area contributed by atoms with Crippen molar-refractivity contribution in [2.45, 2.75) is 84.3 Å². The molecule has 1 N–H and O–H groups in total. The third kappa shape index (κ3) is 4.58. The number of amides is 2. The Morgan fingerprint density at radius 2 is 1.74 bits per heavy atom. The van der Waals surface area contributed by atoms with Gasteiger partial charge in [0.15, 0.2) is 5.69 Å². The molecule has 2 aliphatic rings. The molecule has 2 heterocycles. The molecule has 1 fully saturated rings. The Morgan fingerprint density at radius 3 is 2.35 bits per heavy atom. The number of hydrogen-bond acceptors (Lipinski definition) is 5. The van der Waals surface area contributed by atoms with Crippen LogP contribution in [-0.4, -0.2) is 45.8 Å². The number of hydrogen-bond donors (Lipinski definition) is 1. The van der Waals surface area contributed by atoms with E-state index in [0.29, 0.717) is 5.69 Å². The number of carbonyl (C=O) groups is 3. The summed E-state index contributed by atoms with van der Waals surface area (Å²) in [4.78, 5) is 41.5. The molecule has 8 nitrogen and oxygen atoms in total. The van der Waals surface area contributed by atoms with E-state index in [1.807, 2.05) is 32.0 Å². The average molecular weight is 467 g/mol. The number of esters is 1. The van der Waals surface area contributed by atoms with Gasteiger partial charge in [-0.1, -0.05) is 31.7 Å². The summed E-state index contributed by atoms with van der Waals surface area (Å²) in [6.45, 7) is 7.79. The number of fused-ring (bicyclic) bond motifs is 1. The molecule has 2 aromatic rings. The Labute approximate surface area is 200 Å². The summed E-state index contributed by atoms with van der Waals surface area (Å²) in [6, 6.07) is 7.42. The van der Waals surface area contributed by atoms with Gasteiger partial charge in [-0.3, -0.25) is 19.2 Å². The van der Waals surface area contributed by atoms with Gasteiger partial charge in [0.25, 0.3) is 5.91 Å². The smallest absolute Gasteiger partial charge is 0.358 e. The molecule has 1 aliphatic heterocycles. The predicted octanol–water partition coefficient (Wildman–Crippen LogP) is 3.93. The van der Waals surface area contributed by atoms with Gasteiger partial charge in [0.2, 0.25) is 5.91 Å². The Bertz CT molecular complexity index is 1080. The molecular formula is C26H34N4O4. The summed E-state index contributed by atoms with van der Waals surface area (Å²) in [6.07, 6.45) is 6.44. The zero-order valence-electron chi connectivity index (χ0n) is 20.5. The largest absolute Gasteiger partial charge is 0.461 e. The van der Waals surface area contributed by atoms with Crippen molar-refractivity contribution in [3.8, 4) is 0 Å². The maximum absolute atomic E-state index is 13.8. The summed E-state index contributed by atoms with van der Waals surface area (Å²) in [5, 5.41) is 7.57. The number of carbonyl (C=O) groups excluding carboxylic acids is 3. The lowest BCUT2D eigenvalue weighted by atomic mass is 9.92. The molecule has 1 saturated carbocycles. The zero-order chi connectivity index (χ0) is 24.5. The molecule has 0 unspecified atom stereocenters. The molecule has 1 aromatic heterocycles. The van der Waals surface area contributed by atoms with Crippen molar-refractivity contribution < 1.29 is 19.1 Å². The van der Waals surface area contributed by atoms with E-state index in [9.17, 15) is 14.4 Å². The van der Waals surface area contributed by atoms with Crippen LogP contribution in [-0.2, 0) is 16.1 Å². The van der Waals surface area contributed by atoms with E-state index in [1.54, 1.807) is 18.7 Å². The van der Waals surface area contributed by atoms with Crippen LogP contribution in [0.1, 0.15) is 84.5 Å². The van der Waals surface area contributed by atoms with E-state index in [1.165, 1.54) is 23.6 Å². The molecule has 0 bridgehead atoms. The highest BCUT2D eigenvalue weighted by molar-refractivity contribution is 6.12. The number of anilines is 1. The van der Waals surface area contributed by atoms with Crippen molar-refractivity contribution >= 4 is 23.5 Å². The topological polar surface area (TPSA) is 93.5 Å². The Kier molecular flexibility index (Phi) is 6.77. The van der Waals surface area contributed by atoms with Gasteiger partial charge in [-0.25, -0.2) is 4.79 Å². The molecule has 0 spiro atoms. The quantitative estimate of drug-likeness (QED) is 0.532. The lowest BCUT2D eigenvalue weighted by molar-refractivity contribution is -0.127. The predicted molar refractivity (Wildman–Crippen MR) is 129 cm³/mol. The third-order valence-corrected chi connectivity index (χ3v) is 6.78. The highest BCUT2D eigenvalue weighted by Crippen LogP contribution is 2.34. The van der Waals surface area contributed by atoms with E-state index >= 15 is 0 Å². The molecule has 34 heavy (non-hydrogen) atoms. The second-order valence-electron chi connectivity index (χ2n) is 9.72. The molecule has 4 rings (SSSR count). The number of ether oxygens (including phenoxy) is 1. The Hall–Kier alpha value is -3.16. The maximum Gasteiger partial charge on any atom is 0.358 e. The SMILES string of the molecule is CCOC(=O)c1cc2n(n1)C[C@@](C)(C(=O)NC1CCCCCC1)N(c1cc(C)cc(C)c1)C2=O. The van der Waals surface area contributed by atoms with Crippen molar-refractivity contribution in [2.24, 2.45) is 0 Å². The molecule has 0 saturated heterocycles. The van der Waals surface area contributed by atoms with Crippen molar-refractivity contribution in [2.75, 3.05) is 11.5 Å². The molecule has 1 aliphatic carbocycles. The fourth-order valence-corrected chi connectivity index (χ4v) is 5.14. The van der Waals surface area contributed by atoms with Crippen molar-refractivity contribution in [3.05, 3.63) is 46.8 Å². The summed E-state index contributed by atoms with van der Waals surface area (Å²) < 4.78 is 6.55. The summed E-state index contributed by atoms with van der Waals surface area (Å²) in [5.74, 6) is -1.15. The zero-order valence-corrected chi connectivity index (χ0v) is 20.5. The number of aryl methyl sites for hydroxylation is 2. The number of aromatic nitrogens is 2. The Balaban J connectivity index is 1.76. The lowest BCUT2D eigenvalue weighted by Crippen LogP contribution is -2.65. The van der Waals surface area contributed by atoms with Gasteiger partial charge in [-0.2, -0.15) is 5.10 Å². The molecule has 1 aromatic carbocycles. The van der Waals surface area contributed by atoms with Crippen LogP contribution in [0.4, 0.5) is 5.69 Å². The van der Waals surface area contributed by atoms with Gasteiger partial charge in [-0.05, 0) is 63.8 Å². The summed E-state index contributed by atoms with van der Waals surface area (Å²) >= 11 is 0. The van der Waals surface area contributed by atoms with Crippen molar-refractivity contribution in [3.63, 3.8) is 0 Å². The minimum Gasteiger partial charge on any atom is -0.461 e. The second kappa shape index (κ2) is 9.60. The third-order valence-electron chi connectivity index (χ3n) is 6.78. The fraction of sp³-hybridized carbons (Fsp3) is 0.538.